The SMILES string of the molecule is Cc1cc(C(F)(C(F)F)C(F)(F)F)ccc1NC(=O)c1cccc(I)c1C(=O)N[C@@H](C)CS(C)(=O)=O. The van der Waals surface area contributed by atoms with Gasteiger partial charge in [0.15, 0.2) is 0 Å². The van der Waals surface area contributed by atoms with Crippen molar-refractivity contribution in [3.8, 4) is 0 Å². The minimum atomic E-state index is -5.88. The number of hydrogen-bond donors (Lipinski definition) is 2. The van der Waals surface area contributed by atoms with Crippen molar-refractivity contribution in [1.29, 1.82) is 0 Å². The molecule has 2 aromatic carbocycles. The summed E-state index contributed by atoms with van der Waals surface area (Å²) < 4.78 is 103. The van der Waals surface area contributed by atoms with Crippen LogP contribution in [0.3, 0.4) is 0 Å². The van der Waals surface area contributed by atoms with Crippen molar-refractivity contribution in [3.63, 3.8) is 0 Å². The Morgan fingerprint density at radius 2 is 1.67 bits per heavy atom. The van der Waals surface area contributed by atoms with Crippen molar-refractivity contribution in [2.24, 2.45) is 0 Å². The maximum absolute atomic E-state index is 14.3. The first kappa shape index (κ1) is 29.9. The average molecular weight is 650 g/mol. The molecule has 0 spiro atoms. The van der Waals surface area contributed by atoms with Crippen LogP contribution in [0, 0.1) is 10.5 Å². The van der Waals surface area contributed by atoms with Gasteiger partial charge in [0.2, 0.25) is 0 Å². The summed E-state index contributed by atoms with van der Waals surface area (Å²) in [6.07, 6.45) is -9.26. The summed E-state index contributed by atoms with van der Waals surface area (Å²) in [6.45, 7) is 2.65. The molecule has 36 heavy (non-hydrogen) atoms. The minimum absolute atomic E-state index is 0.0808. The predicted octanol–water partition coefficient (Wildman–Crippen LogP) is 5.01. The smallest absolute Gasteiger partial charge is 0.349 e. The highest BCUT2D eigenvalue weighted by Crippen LogP contribution is 2.47. The topological polar surface area (TPSA) is 92.3 Å². The molecule has 6 nitrogen and oxygen atoms in total. The first-order valence-electron chi connectivity index (χ1n) is 10.1. The van der Waals surface area contributed by atoms with Crippen molar-refractivity contribution in [1.82, 2.24) is 5.32 Å². The van der Waals surface area contributed by atoms with E-state index in [0.29, 0.717) is 15.7 Å². The van der Waals surface area contributed by atoms with E-state index in [9.17, 15) is 44.3 Å². The number of halogens is 7. The summed E-state index contributed by atoms with van der Waals surface area (Å²) in [5.74, 6) is -1.94. The number of carbonyl (C=O) groups is 2. The van der Waals surface area contributed by atoms with Gasteiger partial charge in [-0.2, -0.15) is 13.2 Å². The molecular formula is C22H21F6IN2O4S. The highest BCUT2D eigenvalue weighted by atomic mass is 127. The van der Waals surface area contributed by atoms with Gasteiger partial charge in [-0.3, -0.25) is 9.59 Å². The van der Waals surface area contributed by atoms with Crippen LogP contribution in [0.25, 0.3) is 0 Å². The summed E-state index contributed by atoms with van der Waals surface area (Å²) >= 11 is 1.80. The number of nitrogens with one attached hydrogen (secondary N) is 2. The van der Waals surface area contributed by atoms with Crippen molar-refractivity contribution in [3.05, 3.63) is 62.2 Å². The molecule has 2 aromatic rings. The summed E-state index contributed by atoms with van der Waals surface area (Å²) in [6, 6.07) is 5.42. The zero-order valence-electron chi connectivity index (χ0n) is 19.0. The fourth-order valence-electron chi connectivity index (χ4n) is 3.37. The monoisotopic (exact) mass is 650 g/mol. The van der Waals surface area contributed by atoms with E-state index in [1.165, 1.54) is 32.0 Å². The van der Waals surface area contributed by atoms with Crippen LogP contribution in [0.4, 0.5) is 32.0 Å². The third-order valence-corrected chi connectivity index (χ3v) is 7.03. The van der Waals surface area contributed by atoms with Gasteiger partial charge in [-0.25, -0.2) is 21.6 Å². The number of aryl methyl sites for hydroxylation is 1. The first-order valence-corrected chi connectivity index (χ1v) is 13.3. The Bertz CT molecular complexity index is 1270. The lowest BCUT2D eigenvalue weighted by Crippen LogP contribution is -2.44. The van der Waals surface area contributed by atoms with Crippen molar-refractivity contribution in [2.45, 2.75) is 38.2 Å². The third-order valence-electron chi connectivity index (χ3n) is 5.02. The first-order chi connectivity index (χ1) is 16.4. The second-order valence-corrected chi connectivity index (χ2v) is 11.5. The van der Waals surface area contributed by atoms with Gasteiger partial charge < -0.3 is 10.6 Å². The van der Waals surface area contributed by atoms with Crippen molar-refractivity contribution >= 4 is 49.9 Å². The van der Waals surface area contributed by atoms with Gasteiger partial charge in [-0.15, -0.1) is 0 Å². The zero-order chi connectivity index (χ0) is 27.6. The lowest BCUT2D eigenvalue weighted by molar-refractivity contribution is -0.274. The summed E-state index contributed by atoms with van der Waals surface area (Å²) in [5, 5.41) is 4.87. The van der Waals surface area contributed by atoms with Crippen molar-refractivity contribution in [2.75, 3.05) is 17.3 Å². The standard InChI is InChI=1S/C22H21F6IN2O4S/c1-11-9-13(21(25,20(23)24)22(26,27)28)7-8-16(11)31-18(32)14-5-4-6-15(29)17(14)19(33)30-12(2)10-36(3,34)35/h4-9,12,20H,10H2,1-3H3,(H,30,33)(H,31,32)/t12-,21?/m0/s1. The Morgan fingerprint density at radius 3 is 2.17 bits per heavy atom. The van der Waals surface area contributed by atoms with E-state index in [1.807, 2.05) is 0 Å². The Hall–Kier alpha value is -2.36. The van der Waals surface area contributed by atoms with Gasteiger partial charge >= 0.3 is 6.18 Å². The van der Waals surface area contributed by atoms with Gasteiger partial charge in [0.1, 0.15) is 9.84 Å². The lowest BCUT2D eigenvalue weighted by Gasteiger charge is -2.28. The normalized spacial score (nSPS) is 14.8. The molecule has 1 unspecified atom stereocenters. The quantitative estimate of drug-likeness (QED) is 0.311. The Morgan fingerprint density at radius 1 is 1.06 bits per heavy atom. The van der Waals surface area contributed by atoms with Crippen LogP contribution in [-0.2, 0) is 15.5 Å². The van der Waals surface area contributed by atoms with Crippen LogP contribution >= 0.6 is 22.6 Å². The van der Waals surface area contributed by atoms with E-state index in [4.69, 9.17) is 0 Å². The molecule has 0 bridgehead atoms. The van der Waals surface area contributed by atoms with Gasteiger partial charge in [0.05, 0.1) is 16.9 Å². The predicted molar refractivity (Wildman–Crippen MR) is 130 cm³/mol. The number of alkyl halides is 6. The molecule has 198 valence electrons. The molecular weight excluding hydrogens is 629 g/mol. The van der Waals surface area contributed by atoms with Gasteiger partial charge in [0.25, 0.3) is 23.9 Å². The molecule has 0 radical (unpaired) electrons. The Labute approximate surface area is 216 Å². The molecule has 2 rings (SSSR count). The molecule has 0 saturated heterocycles. The van der Waals surface area contributed by atoms with E-state index < -0.39 is 51.5 Å². The largest absolute Gasteiger partial charge is 0.432 e. The molecule has 0 saturated carbocycles. The zero-order valence-corrected chi connectivity index (χ0v) is 22.0. The van der Waals surface area contributed by atoms with E-state index in [0.717, 1.165) is 12.3 Å². The van der Waals surface area contributed by atoms with Crippen LogP contribution in [0.1, 0.15) is 38.8 Å². The molecule has 2 amide bonds. The second kappa shape index (κ2) is 10.9. The van der Waals surface area contributed by atoms with Gasteiger partial charge in [-0.1, -0.05) is 18.2 Å². The number of carbonyl (C=O) groups excluding carboxylic acids is 2. The number of anilines is 1. The van der Waals surface area contributed by atoms with E-state index >= 15 is 0 Å². The maximum atomic E-state index is 14.3. The van der Waals surface area contributed by atoms with Crippen LogP contribution in [0.15, 0.2) is 36.4 Å². The Kier molecular flexibility index (Phi) is 9.08. The Balaban J connectivity index is 2.37. The van der Waals surface area contributed by atoms with Crippen LogP contribution in [0.5, 0.6) is 0 Å². The fourth-order valence-corrected chi connectivity index (χ4v) is 5.10. The number of benzene rings is 2. The van der Waals surface area contributed by atoms with Crippen LogP contribution in [0.2, 0.25) is 0 Å². The molecule has 0 aliphatic rings. The highest BCUT2D eigenvalue weighted by molar-refractivity contribution is 14.1. The van der Waals surface area contributed by atoms with Crippen LogP contribution in [-0.4, -0.2) is 50.9 Å². The second-order valence-electron chi connectivity index (χ2n) is 8.12. The van der Waals surface area contributed by atoms with Gasteiger partial charge in [-0.05, 0) is 60.2 Å². The lowest BCUT2D eigenvalue weighted by atomic mass is 9.93. The summed E-state index contributed by atoms with van der Waals surface area (Å²) in [5.41, 5.74) is -6.68. The summed E-state index contributed by atoms with van der Waals surface area (Å²) in [4.78, 5) is 25.8. The molecule has 0 aliphatic carbocycles. The number of rotatable bonds is 8. The molecule has 0 fully saturated rings. The average Bonchev–Trinajstić information content (AvgIpc) is 2.71. The van der Waals surface area contributed by atoms with Gasteiger partial charge in [0, 0.05) is 27.1 Å². The molecule has 2 N–H and O–H groups in total. The van der Waals surface area contributed by atoms with E-state index in [1.54, 1.807) is 22.6 Å². The molecule has 0 aliphatic heterocycles. The fraction of sp³-hybridized carbons (Fsp3) is 0.364. The number of amides is 2. The molecule has 2 atom stereocenters. The maximum Gasteiger partial charge on any atom is 0.432 e. The molecule has 0 heterocycles. The number of hydrogen-bond acceptors (Lipinski definition) is 4. The third kappa shape index (κ3) is 6.69. The van der Waals surface area contributed by atoms with Crippen molar-refractivity contribution < 1.29 is 44.3 Å². The van der Waals surface area contributed by atoms with E-state index in [-0.39, 0.29) is 28.1 Å². The number of sulfone groups is 1. The minimum Gasteiger partial charge on any atom is -0.349 e. The van der Waals surface area contributed by atoms with E-state index in [2.05, 4.69) is 10.6 Å². The summed E-state index contributed by atoms with van der Waals surface area (Å²) in [7, 11) is -3.40. The van der Waals surface area contributed by atoms with Crippen LogP contribution < -0.4 is 10.6 Å². The highest BCUT2D eigenvalue weighted by Gasteiger charge is 2.64. The molecule has 0 aromatic heterocycles. The molecule has 14 heteroatoms.